The summed E-state index contributed by atoms with van der Waals surface area (Å²) >= 11 is 0. The number of nitrogens with one attached hydrogen (secondary N) is 1. The van der Waals surface area contributed by atoms with Crippen LogP contribution in [0.25, 0.3) is 5.32 Å². The molecule has 1 radical (unpaired) electrons. The van der Waals surface area contributed by atoms with Crippen molar-refractivity contribution >= 4 is 5.91 Å². The van der Waals surface area contributed by atoms with Gasteiger partial charge in [-0.2, -0.15) is 0 Å². The molecule has 1 rings (SSSR count). The largest absolute Gasteiger partial charge is 0.653 e. The molecule has 1 aliphatic rings. The monoisotopic (exact) mass is 344 g/mol. The van der Waals surface area contributed by atoms with Gasteiger partial charge in [0.05, 0.1) is 0 Å². The molecule has 0 aromatic rings. The van der Waals surface area contributed by atoms with Crippen molar-refractivity contribution in [2.75, 3.05) is 19.6 Å². The van der Waals surface area contributed by atoms with Gasteiger partial charge in [-0.1, -0.05) is 27.3 Å². The number of carbonyl (C=O) groups excluding carboxylic acids is 1. The Morgan fingerprint density at radius 2 is 1.92 bits per heavy atom. The van der Waals surface area contributed by atoms with Crippen LogP contribution in [-0.4, -0.2) is 25.5 Å². The maximum atomic E-state index is 10.3. The first-order valence-corrected chi connectivity index (χ1v) is 4.03. The van der Waals surface area contributed by atoms with Gasteiger partial charge in [0.25, 0.3) is 0 Å². The van der Waals surface area contributed by atoms with Crippen molar-refractivity contribution in [1.29, 1.82) is 0 Å². The van der Waals surface area contributed by atoms with E-state index in [1.165, 1.54) is 0 Å². The molecule has 1 N–H and O–H groups in total. The summed E-state index contributed by atoms with van der Waals surface area (Å²) in [6, 6.07) is 0. The van der Waals surface area contributed by atoms with E-state index in [-0.39, 0.29) is 26.3 Å². The zero-order chi connectivity index (χ0) is 8.69. The van der Waals surface area contributed by atoms with Gasteiger partial charge >= 0.3 is 0 Å². The van der Waals surface area contributed by atoms with Gasteiger partial charge in [0, 0.05) is 20.4 Å². The van der Waals surface area contributed by atoms with E-state index in [1.54, 1.807) is 0 Å². The molecule has 0 aromatic carbocycles. The molecule has 1 aliphatic heterocycles. The molecule has 0 aliphatic carbocycles. The summed E-state index contributed by atoms with van der Waals surface area (Å²) in [4.78, 5) is 10.3. The summed E-state index contributed by atoms with van der Waals surface area (Å²) in [6.45, 7) is 8.37. The number of hydrogen-bond donors (Lipinski definition) is 1. The van der Waals surface area contributed by atoms with Gasteiger partial charge in [-0.3, -0.25) is 4.79 Å². The number of hydrogen-bond acceptors (Lipinski definition) is 1. The molecule has 12 heavy (non-hydrogen) atoms. The fourth-order valence-electron chi connectivity index (χ4n) is 0.511. The number of rotatable bonds is 0. The third-order valence-corrected chi connectivity index (χ3v) is 0.847. The van der Waals surface area contributed by atoms with Gasteiger partial charge in [0.15, 0.2) is 5.91 Å². The molecule has 0 spiro atoms. The first kappa shape index (κ1) is 14.6. The normalized spacial score (nSPS) is 15.5. The van der Waals surface area contributed by atoms with Crippen molar-refractivity contribution in [3.8, 4) is 0 Å². The van der Waals surface area contributed by atoms with Crippen LogP contribution in [0.4, 0.5) is 0 Å². The van der Waals surface area contributed by atoms with E-state index >= 15 is 0 Å². The van der Waals surface area contributed by atoms with Crippen LogP contribution in [0, 0.1) is 5.92 Å². The summed E-state index contributed by atoms with van der Waals surface area (Å²) in [6.07, 6.45) is 0. The minimum atomic E-state index is 0. The van der Waals surface area contributed by atoms with Gasteiger partial charge < -0.3 is 10.6 Å². The van der Waals surface area contributed by atoms with Crippen LogP contribution < -0.4 is 5.32 Å². The summed E-state index contributed by atoms with van der Waals surface area (Å²) in [5, 5.41) is 6.50. The van der Waals surface area contributed by atoms with Crippen molar-refractivity contribution in [1.82, 2.24) is 5.32 Å². The quantitative estimate of drug-likeness (QED) is 0.704. The topological polar surface area (TPSA) is 43.2 Å². The van der Waals surface area contributed by atoms with Crippen LogP contribution in [0.15, 0.2) is 0 Å². The first-order chi connectivity index (χ1) is 5.13. The summed E-state index contributed by atoms with van der Waals surface area (Å²) in [7, 11) is 0. The maximum absolute atomic E-state index is 10.3. The van der Waals surface area contributed by atoms with E-state index in [1.807, 2.05) is 0 Å². The van der Waals surface area contributed by atoms with Crippen LogP contribution in [-0.2, 0) is 25.2 Å². The molecule has 1 fully saturated rings. The van der Waals surface area contributed by atoms with E-state index in [4.69, 9.17) is 0 Å². The Balaban J connectivity index is 0. The Bertz CT molecular complexity index is 107. The van der Waals surface area contributed by atoms with E-state index in [0.29, 0.717) is 6.54 Å². The molecule has 1 heterocycles. The molecule has 1 amide bonds. The van der Waals surface area contributed by atoms with Crippen molar-refractivity contribution < 1.29 is 25.2 Å². The van der Waals surface area contributed by atoms with Crippen LogP contribution in [0.2, 0.25) is 0 Å². The SMILES string of the molecule is CC(C)C.O=C1C[N-]CCN1.[Re]. The number of amides is 1. The Labute approximate surface area is 88.3 Å². The number of piperazine rings is 1. The maximum Gasteiger partial charge on any atom is 0.199 e. The average Bonchev–Trinajstić information content (AvgIpc) is 1.87. The van der Waals surface area contributed by atoms with Crippen molar-refractivity contribution in [3.05, 3.63) is 5.32 Å². The van der Waals surface area contributed by atoms with Crippen LogP contribution in [0.3, 0.4) is 0 Å². The standard InChI is InChI=1S/C4H7N2O.C4H10.Re/c7-4-3-5-1-2-6-4;1-4(2)3;/h1-3H2,(H,6,7);4H,1-3H3;/q-1;;. The molecule has 4 heteroatoms. The van der Waals surface area contributed by atoms with Crippen LogP contribution in [0.5, 0.6) is 0 Å². The molecule has 0 saturated carbocycles. The summed E-state index contributed by atoms with van der Waals surface area (Å²) in [5.74, 6) is 0.881. The Hall–Kier alpha value is 0.0923. The molecule has 0 bridgehead atoms. The van der Waals surface area contributed by atoms with Crippen LogP contribution >= 0.6 is 0 Å². The molecule has 1 saturated heterocycles. The second kappa shape index (κ2) is 9.18. The Morgan fingerprint density at radius 3 is 2.08 bits per heavy atom. The van der Waals surface area contributed by atoms with Crippen molar-refractivity contribution in [2.24, 2.45) is 5.92 Å². The zero-order valence-corrected chi connectivity index (χ0v) is 10.6. The Morgan fingerprint density at radius 1 is 1.42 bits per heavy atom. The van der Waals surface area contributed by atoms with Gasteiger partial charge in [0.2, 0.25) is 0 Å². The summed E-state index contributed by atoms with van der Waals surface area (Å²) < 4.78 is 0. The van der Waals surface area contributed by atoms with E-state index in [9.17, 15) is 4.79 Å². The van der Waals surface area contributed by atoms with Crippen LogP contribution in [0.1, 0.15) is 20.8 Å². The third kappa shape index (κ3) is 12.7. The minimum Gasteiger partial charge on any atom is -0.653 e. The van der Waals surface area contributed by atoms with Gasteiger partial charge in [-0.25, -0.2) is 0 Å². The summed E-state index contributed by atoms with van der Waals surface area (Å²) in [5.41, 5.74) is 0. The zero-order valence-electron chi connectivity index (χ0n) is 7.93. The smallest absolute Gasteiger partial charge is 0.199 e. The Kier molecular flexibility index (Phi) is 11.2. The number of nitrogens with zero attached hydrogens (tertiary/aromatic N) is 1. The van der Waals surface area contributed by atoms with E-state index in [2.05, 4.69) is 31.4 Å². The molecular weight excluding hydrogens is 326 g/mol. The van der Waals surface area contributed by atoms with Gasteiger partial charge in [-0.05, 0) is 12.5 Å². The molecule has 73 valence electrons. The molecule has 0 unspecified atom stereocenters. The minimum absolute atomic E-state index is 0. The van der Waals surface area contributed by atoms with Crippen molar-refractivity contribution in [2.45, 2.75) is 20.8 Å². The van der Waals surface area contributed by atoms with E-state index in [0.717, 1.165) is 19.0 Å². The molecular formula is C8H17N2ORe-. The first-order valence-electron chi connectivity index (χ1n) is 4.03. The fraction of sp³-hybridized carbons (Fsp3) is 0.875. The van der Waals surface area contributed by atoms with Gasteiger partial charge in [0.1, 0.15) is 0 Å². The number of carbonyl (C=O) groups is 1. The third-order valence-electron chi connectivity index (χ3n) is 0.847. The van der Waals surface area contributed by atoms with Crippen molar-refractivity contribution in [3.63, 3.8) is 0 Å². The average molecular weight is 343 g/mol. The fourth-order valence-corrected chi connectivity index (χ4v) is 0.511. The van der Waals surface area contributed by atoms with Gasteiger partial charge in [-0.15, -0.1) is 6.54 Å². The molecule has 3 nitrogen and oxygen atoms in total. The second-order valence-corrected chi connectivity index (χ2v) is 3.19. The molecule has 0 aromatic heterocycles. The van der Waals surface area contributed by atoms with E-state index < -0.39 is 0 Å². The second-order valence-electron chi connectivity index (χ2n) is 3.19. The predicted molar refractivity (Wildman–Crippen MR) is 46.6 cm³/mol. The predicted octanol–water partition coefficient (Wildman–Crippen LogP) is 1.15. The molecule has 0 atom stereocenters.